The van der Waals surface area contributed by atoms with Crippen LogP contribution in [-0.4, -0.2) is 36.6 Å². The third-order valence-corrected chi connectivity index (χ3v) is 6.98. The van der Waals surface area contributed by atoms with E-state index in [4.69, 9.17) is 9.47 Å². The summed E-state index contributed by atoms with van der Waals surface area (Å²) in [5.74, 6) is -1.27. The van der Waals surface area contributed by atoms with Gasteiger partial charge in [0.2, 0.25) is 0 Å². The molecule has 160 valence electrons. The maximum absolute atomic E-state index is 12.7. The number of amides is 1. The number of carbonyl (C=O) groups is 3. The van der Waals surface area contributed by atoms with Crippen LogP contribution in [0.25, 0.3) is 0 Å². The summed E-state index contributed by atoms with van der Waals surface area (Å²) in [4.78, 5) is 38.1. The van der Waals surface area contributed by atoms with Crippen molar-refractivity contribution in [3.8, 4) is 0 Å². The summed E-state index contributed by atoms with van der Waals surface area (Å²) in [6, 6.07) is 0. The zero-order valence-corrected chi connectivity index (χ0v) is 18.7. The minimum Gasteiger partial charge on any atom is -0.462 e. The standard InChI is InChI=1S/C21H30N2O5S/c1-6-27-19(26)15-13-10-20(2,3)23-21(4,5)16(13)29-17(15)22-14(24)11-28-18(25)12-8-7-9-12/h12,23H,6-11H2,1-5H3,(H,22,24)/p+1. The first kappa shape index (κ1) is 21.8. The molecule has 3 rings (SSSR count). The lowest BCUT2D eigenvalue weighted by Gasteiger charge is -2.38. The van der Waals surface area contributed by atoms with Crippen LogP contribution in [0.2, 0.25) is 0 Å². The predicted octanol–water partition coefficient (Wildman–Crippen LogP) is 2.34. The number of esters is 2. The smallest absolute Gasteiger partial charge is 0.341 e. The second kappa shape index (κ2) is 8.07. The van der Waals surface area contributed by atoms with E-state index in [9.17, 15) is 14.4 Å². The third kappa shape index (κ3) is 4.64. The van der Waals surface area contributed by atoms with E-state index in [1.54, 1.807) is 6.92 Å². The number of rotatable bonds is 6. The Kier molecular flexibility index (Phi) is 6.06. The zero-order valence-electron chi connectivity index (χ0n) is 17.8. The number of ether oxygens (including phenoxy) is 2. The molecule has 1 saturated carbocycles. The van der Waals surface area contributed by atoms with Crippen molar-refractivity contribution in [2.24, 2.45) is 5.92 Å². The fourth-order valence-electron chi connectivity index (χ4n) is 4.27. The van der Waals surface area contributed by atoms with Crippen molar-refractivity contribution in [3.63, 3.8) is 0 Å². The molecule has 0 spiro atoms. The average Bonchev–Trinajstić information content (AvgIpc) is 2.88. The number of hydrogen-bond donors (Lipinski definition) is 2. The van der Waals surface area contributed by atoms with Gasteiger partial charge in [0.15, 0.2) is 6.61 Å². The van der Waals surface area contributed by atoms with E-state index in [2.05, 4.69) is 38.3 Å². The van der Waals surface area contributed by atoms with E-state index < -0.39 is 11.9 Å². The molecule has 29 heavy (non-hydrogen) atoms. The van der Waals surface area contributed by atoms with E-state index in [0.717, 1.165) is 29.7 Å². The second-order valence-corrected chi connectivity index (χ2v) is 10.2. The highest BCUT2D eigenvalue weighted by Crippen LogP contribution is 2.42. The van der Waals surface area contributed by atoms with Gasteiger partial charge in [-0.15, -0.1) is 11.3 Å². The Morgan fingerprint density at radius 1 is 1.17 bits per heavy atom. The number of carbonyl (C=O) groups excluding carboxylic acids is 3. The fourth-order valence-corrected chi connectivity index (χ4v) is 5.57. The highest BCUT2D eigenvalue weighted by molar-refractivity contribution is 7.17. The van der Waals surface area contributed by atoms with Crippen LogP contribution in [0, 0.1) is 5.92 Å². The number of thiophene rings is 1. The highest BCUT2D eigenvalue weighted by atomic mass is 32.1. The summed E-state index contributed by atoms with van der Waals surface area (Å²) >= 11 is 1.40. The minimum atomic E-state index is -0.442. The van der Waals surface area contributed by atoms with Gasteiger partial charge in [-0.2, -0.15) is 0 Å². The zero-order chi connectivity index (χ0) is 21.4. The fraction of sp³-hybridized carbons (Fsp3) is 0.667. The summed E-state index contributed by atoms with van der Waals surface area (Å²) in [5.41, 5.74) is 1.05. The van der Waals surface area contributed by atoms with Crippen molar-refractivity contribution in [2.75, 3.05) is 18.5 Å². The molecule has 3 N–H and O–H groups in total. The number of fused-ring (bicyclic) bond motifs is 1. The van der Waals surface area contributed by atoms with Crippen molar-refractivity contribution in [1.82, 2.24) is 0 Å². The Bertz CT molecular complexity index is 823. The van der Waals surface area contributed by atoms with Gasteiger partial charge in [-0.25, -0.2) is 4.79 Å². The van der Waals surface area contributed by atoms with Crippen LogP contribution in [0.3, 0.4) is 0 Å². The van der Waals surface area contributed by atoms with Crippen molar-refractivity contribution >= 4 is 34.2 Å². The predicted molar refractivity (Wildman–Crippen MR) is 110 cm³/mol. The summed E-state index contributed by atoms with van der Waals surface area (Å²) in [6.45, 7) is 10.2. The summed E-state index contributed by atoms with van der Waals surface area (Å²) in [7, 11) is 0. The van der Waals surface area contributed by atoms with Crippen LogP contribution in [0.5, 0.6) is 0 Å². The molecule has 1 aliphatic heterocycles. The third-order valence-electron chi connectivity index (χ3n) is 5.49. The molecule has 0 atom stereocenters. The molecule has 0 radical (unpaired) electrons. The van der Waals surface area contributed by atoms with Gasteiger partial charge < -0.3 is 20.1 Å². The van der Waals surface area contributed by atoms with Gasteiger partial charge in [0.1, 0.15) is 10.5 Å². The van der Waals surface area contributed by atoms with Crippen molar-refractivity contribution in [2.45, 2.75) is 71.4 Å². The number of hydrogen-bond acceptors (Lipinski definition) is 6. The number of nitrogens with two attached hydrogens (primary N) is 1. The Morgan fingerprint density at radius 3 is 2.45 bits per heavy atom. The first-order valence-corrected chi connectivity index (χ1v) is 11.0. The van der Waals surface area contributed by atoms with Crippen LogP contribution in [0.4, 0.5) is 5.00 Å². The average molecular weight is 424 g/mol. The molecule has 7 nitrogen and oxygen atoms in total. The van der Waals surface area contributed by atoms with Gasteiger partial charge in [0.25, 0.3) is 5.91 Å². The monoisotopic (exact) mass is 423 g/mol. The van der Waals surface area contributed by atoms with Crippen LogP contribution in [0.15, 0.2) is 0 Å². The van der Waals surface area contributed by atoms with Crippen LogP contribution in [0.1, 0.15) is 74.7 Å². The van der Waals surface area contributed by atoms with Gasteiger partial charge in [-0.05, 0) is 53.0 Å². The van der Waals surface area contributed by atoms with Crippen LogP contribution in [-0.2, 0) is 31.0 Å². The number of nitrogens with one attached hydrogen (secondary N) is 1. The van der Waals surface area contributed by atoms with Gasteiger partial charge in [0, 0.05) is 6.42 Å². The van der Waals surface area contributed by atoms with Gasteiger partial charge in [-0.1, -0.05) is 6.42 Å². The second-order valence-electron chi connectivity index (χ2n) is 9.15. The van der Waals surface area contributed by atoms with Crippen LogP contribution < -0.4 is 10.6 Å². The first-order valence-electron chi connectivity index (χ1n) is 10.2. The quantitative estimate of drug-likeness (QED) is 0.685. The Hall–Kier alpha value is -1.93. The van der Waals surface area contributed by atoms with Crippen LogP contribution >= 0.6 is 11.3 Å². The molecule has 0 unspecified atom stereocenters. The molecule has 2 aliphatic rings. The lowest BCUT2D eigenvalue weighted by molar-refractivity contribution is -0.789. The number of anilines is 1. The van der Waals surface area contributed by atoms with Gasteiger partial charge in [0.05, 0.1) is 28.5 Å². The molecule has 1 fully saturated rings. The molecular weight excluding hydrogens is 392 g/mol. The molecule has 1 aliphatic carbocycles. The Labute approximate surface area is 175 Å². The molecular formula is C21H31N2O5S+. The topological polar surface area (TPSA) is 98.3 Å². The maximum Gasteiger partial charge on any atom is 0.341 e. The van der Waals surface area contributed by atoms with E-state index in [-0.39, 0.29) is 36.2 Å². The SMILES string of the molecule is CCOC(=O)c1c(NC(=O)COC(=O)C2CCC2)sc2c1CC(C)(C)[NH2+]C2(C)C. The minimum absolute atomic E-state index is 0.0782. The molecule has 1 aromatic heterocycles. The molecule has 0 saturated heterocycles. The lowest BCUT2D eigenvalue weighted by atomic mass is 9.81. The molecule has 0 aromatic carbocycles. The highest BCUT2D eigenvalue weighted by Gasteiger charge is 2.45. The van der Waals surface area contributed by atoms with Gasteiger partial charge in [-0.3, -0.25) is 9.59 Å². The van der Waals surface area contributed by atoms with E-state index in [1.807, 2.05) is 0 Å². The maximum atomic E-state index is 12.7. The van der Waals surface area contributed by atoms with E-state index in [0.29, 0.717) is 17.0 Å². The Morgan fingerprint density at radius 2 is 1.86 bits per heavy atom. The van der Waals surface area contributed by atoms with Crippen molar-refractivity contribution in [1.29, 1.82) is 0 Å². The van der Waals surface area contributed by atoms with E-state index >= 15 is 0 Å². The largest absolute Gasteiger partial charge is 0.462 e. The normalized spacial score (nSPS) is 19.6. The van der Waals surface area contributed by atoms with Crippen molar-refractivity contribution in [3.05, 3.63) is 16.0 Å². The van der Waals surface area contributed by atoms with Gasteiger partial charge >= 0.3 is 11.9 Å². The first-order chi connectivity index (χ1) is 13.5. The molecule has 8 heteroatoms. The summed E-state index contributed by atoms with van der Waals surface area (Å²) in [5, 5.41) is 5.55. The molecule has 2 heterocycles. The van der Waals surface area contributed by atoms with E-state index in [1.165, 1.54) is 11.3 Å². The molecule has 0 bridgehead atoms. The summed E-state index contributed by atoms with van der Waals surface area (Å²) in [6.07, 6.45) is 3.38. The molecule has 1 amide bonds. The molecule has 1 aromatic rings. The lowest BCUT2D eigenvalue weighted by Crippen LogP contribution is -3.03. The van der Waals surface area contributed by atoms with Crippen molar-refractivity contribution < 1.29 is 29.2 Å². The Balaban J connectivity index is 1.84. The summed E-state index contributed by atoms with van der Waals surface area (Å²) < 4.78 is 10.4. The number of quaternary nitrogens is 1.